The monoisotopic (exact) mass is 324 g/mol. The maximum atomic E-state index is 12.2. The number of halogens is 2. The molecule has 0 aromatic heterocycles. The van der Waals surface area contributed by atoms with Crippen LogP contribution < -0.4 is 5.32 Å². The zero-order chi connectivity index (χ0) is 15.6. The average Bonchev–Trinajstić information content (AvgIpc) is 2.42. The lowest BCUT2D eigenvalue weighted by Crippen LogP contribution is -2.14. The third kappa shape index (κ3) is 3.32. The van der Waals surface area contributed by atoms with E-state index in [0.29, 0.717) is 15.7 Å². The van der Waals surface area contributed by atoms with Gasteiger partial charge in [-0.2, -0.15) is 0 Å². The average molecular weight is 325 g/mol. The second-order valence-corrected chi connectivity index (χ2v) is 5.13. The van der Waals surface area contributed by atoms with E-state index in [2.05, 4.69) is 5.32 Å². The molecule has 7 heteroatoms. The smallest absolute Gasteiger partial charge is 0.273 e. The molecule has 21 heavy (non-hydrogen) atoms. The molecule has 0 atom stereocenters. The van der Waals surface area contributed by atoms with Crippen LogP contribution in [0.2, 0.25) is 10.0 Å². The molecule has 0 aliphatic heterocycles. The van der Waals surface area contributed by atoms with E-state index in [-0.39, 0.29) is 16.8 Å². The minimum Gasteiger partial charge on any atom is -0.321 e. The summed E-state index contributed by atoms with van der Waals surface area (Å²) >= 11 is 11.8. The van der Waals surface area contributed by atoms with Crippen LogP contribution >= 0.6 is 23.2 Å². The van der Waals surface area contributed by atoms with Gasteiger partial charge in [-0.05, 0) is 31.2 Å². The van der Waals surface area contributed by atoms with Crippen molar-refractivity contribution >= 4 is 40.5 Å². The number of benzene rings is 2. The lowest BCUT2D eigenvalue weighted by molar-refractivity contribution is -0.385. The number of hydrogen-bond acceptors (Lipinski definition) is 3. The van der Waals surface area contributed by atoms with Crippen LogP contribution in [-0.2, 0) is 0 Å². The molecule has 5 nitrogen and oxygen atoms in total. The molecule has 0 heterocycles. The summed E-state index contributed by atoms with van der Waals surface area (Å²) in [5, 5.41) is 14.2. The van der Waals surface area contributed by atoms with E-state index in [1.807, 2.05) is 0 Å². The van der Waals surface area contributed by atoms with Gasteiger partial charge in [-0.15, -0.1) is 0 Å². The molecule has 2 aromatic carbocycles. The Morgan fingerprint density at radius 2 is 1.95 bits per heavy atom. The number of nitro groups is 1. The van der Waals surface area contributed by atoms with Crippen molar-refractivity contribution in [2.24, 2.45) is 0 Å². The summed E-state index contributed by atoms with van der Waals surface area (Å²) in [7, 11) is 0. The fourth-order valence-corrected chi connectivity index (χ4v) is 2.19. The maximum absolute atomic E-state index is 12.2. The van der Waals surface area contributed by atoms with E-state index in [1.165, 1.54) is 31.2 Å². The maximum Gasteiger partial charge on any atom is 0.273 e. The van der Waals surface area contributed by atoms with Crippen molar-refractivity contribution in [1.82, 2.24) is 0 Å². The van der Waals surface area contributed by atoms with E-state index in [4.69, 9.17) is 23.2 Å². The highest BCUT2D eigenvalue weighted by atomic mass is 35.5. The van der Waals surface area contributed by atoms with E-state index in [1.54, 1.807) is 12.1 Å². The first kappa shape index (κ1) is 15.3. The van der Waals surface area contributed by atoms with Crippen LogP contribution in [0.3, 0.4) is 0 Å². The first-order valence-electron chi connectivity index (χ1n) is 5.90. The van der Waals surface area contributed by atoms with Gasteiger partial charge in [0, 0.05) is 22.2 Å². The lowest BCUT2D eigenvalue weighted by Gasteiger charge is -2.09. The number of carbonyl (C=O) groups is 1. The molecule has 1 N–H and O–H groups in total. The zero-order valence-electron chi connectivity index (χ0n) is 10.9. The fourth-order valence-electron chi connectivity index (χ4n) is 1.85. The molecule has 2 rings (SSSR count). The van der Waals surface area contributed by atoms with Crippen molar-refractivity contribution < 1.29 is 9.72 Å². The summed E-state index contributed by atoms with van der Waals surface area (Å²) in [5.41, 5.74) is 0.735. The number of rotatable bonds is 3. The lowest BCUT2D eigenvalue weighted by atomic mass is 10.1. The van der Waals surface area contributed by atoms with Gasteiger partial charge in [0.2, 0.25) is 0 Å². The minimum absolute atomic E-state index is 0.111. The quantitative estimate of drug-likeness (QED) is 0.669. The number of nitrogens with zero attached hydrogens (tertiary/aromatic N) is 1. The highest BCUT2D eigenvalue weighted by Gasteiger charge is 2.18. The van der Waals surface area contributed by atoms with Gasteiger partial charge in [-0.3, -0.25) is 14.9 Å². The normalized spacial score (nSPS) is 10.2. The van der Waals surface area contributed by atoms with Crippen molar-refractivity contribution in [2.45, 2.75) is 6.92 Å². The highest BCUT2D eigenvalue weighted by molar-refractivity contribution is 6.35. The number of nitrogens with one attached hydrogen (secondary N) is 1. The van der Waals surface area contributed by atoms with Crippen LogP contribution in [0, 0.1) is 17.0 Å². The number of nitro benzene ring substituents is 1. The number of carbonyl (C=O) groups excluding carboxylic acids is 1. The molecule has 1 amide bonds. The largest absolute Gasteiger partial charge is 0.321 e. The highest BCUT2D eigenvalue weighted by Crippen LogP contribution is 2.27. The molecular formula is C14H10Cl2N2O3. The molecule has 0 saturated heterocycles. The summed E-state index contributed by atoms with van der Waals surface area (Å²) in [6, 6.07) is 8.97. The Kier molecular flexibility index (Phi) is 4.45. The molecule has 0 saturated carbocycles. The second-order valence-electron chi connectivity index (χ2n) is 4.29. The molecule has 0 spiro atoms. The Balaban J connectivity index is 2.35. The fraction of sp³-hybridized carbons (Fsp3) is 0.0714. The van der Waals surface area contributed by atoms with E-state index in [9.17, 15) is 14.9 Å². The van der Waals surface area contributed by atoms with Gasteiger partial charge in [0.25, 0.3) is 11.6 Å². The van der Waals surface area contributed by atoms with Crippen LogP contribution in [-0.4, -0.2) is 10.8 Å². The van der Waals surface area contributed by atoms with E-state index >= 15 is 0 Å². The van der Waals surface area contributed by atoms with Crippen LogP contribution in [0.4, 0.5) is 11.4 Å². The molecule has 0 aliphatic rings. The molecule has 108 valence electrons. The second kappa shape index (κ2) is 6.11. The Labute approximate surface area is 130 Å². The van der Waals surface area contributed by atoms with Crippen LogP contribution in [0.1, 0.15) is 15.9 Å². The van der Waals surface area contributed by atoms with Gasteiger partial charge in [0.05, 0.1) is 15.6 Å². The summed E-state index contributed by atoms with van der Waals surface area (Å²) in [4.78, 5) is 22.6. The molecule has 0 bridgehead atoms. The van der Waals surface area contributed by atoms with Crippen molar-refractivity contribution in [3.63, 3.8) is 0 Å². The van der Waals surface area contributed by atoms with Crippen LogP contribution in [0.5, 0.6) is 0 Å². The Hall–Kier alpha value is -2.11. The SMILES string of the molecule is Cc1c(C(=O)Nc2cc(Cl)ccc2Cl)cccc1[N+](=O)[O-]. The Bertz CT molecular complexity index is 732. The first-order chi connectivity index (χ1) is 9.90. The van der Waals surface area contributed by atoms with Crippen LogP contribution in [0.15, 0.2) is 36.4 Å². The predicted molar refractivity (Wildman–Crippen MR) is 82.2 cm³/mol. The van der Waals surface area contributed by atoms with Gasteiger partial charge in [0.15, 0.2) is 0 Å². The van der Waals surface area contributed by atoms with Gasteiger partial charge in [-0.25, -0.2) is 0 Å². The van der Waals surface area contributed by atoms with Gasteiger partial charge in [-0.1, -0.05) is 29.3 Å². The standard InChI is InChI=1S/C14H10Cl2N2O3/c1-8-10(3-2-4-13(8)18(20)21)14(19)17-12-7-9(15)5-6-11(12)16/h2-7H,1H3,(H,17,19). The molecule has 0 aliphatic carbocycles. The van der Waals surface area contributed by atoms with Gasteiger partial charge in [0.1, 0.15) is 0 Å². The van der Waals surface area contributed by atoms with Crippen molar-refractivity contribution in [3.05, 3.63) is 67.7 Å². The summed E-state index contributed by atoms with van der Waals surface area (Å²) in [6.07, 6.45) is 0. The summed E-state index contributed by atoms with van der Waals surface area (Å²) < 4.78 is 0. The predicted octanol–water partition coefficient (Wildman–Crippen LogP) is 4.46. The number of anilines is 1. The molecule has 0 radical (unpaired) electrons. The Morgan fingerprint density at radius 1 is 1.24 bits per heavy atom. The molecule has 0 unspecified atom stereocenters. The van der Waals surface area contributed by atoms with Crippen LogP contribution in [0.25, 0.3) is 0 Å². The van der Waals surface area contributed by atoms with E-state index in [0.717, 1.165) is 0 Å². The van der Waals surface area contributed by atoms with Gasteiger partial charge >= 0.3 is 0 Å². The molecule has 2 aromatic rings. The van der Waals surface area contributed by atoms with Crippen molar-refractivity contribution in [1.29, 1.82) is 0 Å². The first-order valence-corrected chi connectivity index (χ1v) is 6.66. The van der Waals surface area contributed by atoms with Gasteiger partial charge < -0.3 is 5.32 Å². The molecular weight excluding hydrogens is 315 g/mol. The van der Waals surface area contributed by atoms with Crippen molar-refractivity contribution in [3.8, 4) is 0 Å². The topological polar surface area (TPSA) is 72.2 Å². The third-order valence-corrected chi connectivity index (χ3v) is 3.49. The van der Waals surface area contributed by atoms with E-state index < -0.39 is 10.8 Å². The number of hydrogen-bond donors (Lipinski definition) is 1. The zero-order valence-corrected chi connectivity index (χ0v) is 12.4. The van der Waals surface area contributed by atoms with Crippen molar-refractivity contribution in [2.75, 3.05) is 5.32 Å². The minimum atomic E-state index is -0.529. The Morgan fingerprint density at radius 3 is 2.62 bits per heavy atom. The summed E-state index contributed by atoms with van der Waals surface area (Å²) in [6.45, 7) is 1.52. The third-order valence-electron chi connectivity index (χ3n) is 2.92. The number of amides is 1. The molecule has 0 fully saturated rings. The summed E-state index contributed by atoms with van der Waals surface area (Å²) in [5.74, 6) is -0.486.